The number of unbranched alkanes of at least 4 members (excludes halogenated alkanes) is 2. The largest absolute Gasteiger partial charge is 0.505 e. The molecule has 0 fully saturated rings. The number of phenols is 1. The highest BCUT2D eigenvalue weighted by Gasteiger charge is 2.04. The predicted octanol–water partition coefficient (Wildman–Crippen LogP) is 3.15. The van der Waals surface area contributed by atoms with Crippen molar-refractivity contribution in [3.63, 3.8) is 0 Å². The van der Waals surface area contributed by atoms with E-state index in [2.05, 4.69) is 11.6 Å². The Kier molecular flexibility index (Phi) is 7.05. The molecule has 17 heavy (non-hydrogen) atoms. The second kappa shape index (κ2) is 8.37. The molecule has 0 unspecified atom stereocenters. The Morgan fingerprint density at radius 1 is 1.29 bits per heavy atom. The highest BCUT2D eigenvalue weighted by Crippen LogP contribution is 2.20. The smallest absolute Gasteiger partial charge is 0.165 e. The van der Waals surface area contributed by atoms with Gasteiger partial charge in [-0.25, -0.2) is 4.39 Å². The summed E-state index contributed by atoms with van der Waals surface area (Å²) in [6, 6.07) is 4.62. The van der Waals surface area contributed by atoms with Gasteiger partial charge < -0.3 is 10.4 Å². The fraction of sp³-hybridized carbons (Fsp3) is 0.538. The third-order valence-corrected chi connectivity index (χ3v) is 3.28. The molecule has 0 bridgehead atoms. The number of nitrogens with one attached hydrogen (secondary N) is 1. The summed E-state index contributed by atoms with van der Waals surface area (Å²) in [5.74, 6) is 0.427. The van der Waals surface area contributed by atoms with Gasteiger partial charge in [-0.3, -0.25) is 0 Å². The maximum absolute atomic E-state index is 13.0. The van der Waals surface area contributed by atoms with Gasteiger partial charge in [0.25, 0.3) is 0 Å². The van der Waals surface area contributed by atoms with Crippen molar-refractivity contribution in [2.24, 2.45) is 0 Å². The Morgan fingerprint density at radius 2 is 2.12 bits per heavy atom. The first-order chi connectivity index (χ1) is 8.25. The van der Waals surface area contributed by atoms with Crippen molar-refractivity contribution >= 4 is 11.8 Å². The van der Waals surface area contributed by atoms with Crippen molar-refractivity contribution in [3.05, 3.63) is 29.6 Å². The number of hydrogen-bond donors (Lipinski definition) is 2. The van der Waals surface area contributed by atoms with Crippen molar-refractivity contribution < 1.29 is 9.50 Å². The van der Waals surface area contributed by atoms with E-state index in [9.17, 15) is 9.50 Å². The Hall–Kier alpha value is -0.740. The summed E-state index contributed by atoms with van der Waals surface area (Å²) in [6.45, 7) is 1.43. The van der Waals surface area contributed by atoms with Gasteiger partial charge >= 0.3 is 0 Å². The lowest BCUT2D eigenvalue weighted by molar-refractivity contribution is 0.423. The summed E-state index contributed by atoms with van der Waals surface area (Å²) in [6.07, 6.45) is 5.69. The van der Waals surface area contributed by atoms with E-state index in [0.29, 0.717) is 12.1 Å². The van der Waals surface area contributed by atoms with Crippen LogP contribution >= 0.6 is 11.8 Å². The maximum atomic E-state index is 13.0. The number of halogens is 1. The minimum absolute atomic E-state index is 0.234. The lowest BCUT2D eigenvalue weighted by Crippen LogP contribution is -2.15. The van der Waals surface area contributed by atoms with Crippen molar-refractivity contribution in [3.8, 4) is 5.75 Å². The average molecular weight is 257 g/mol. The van der Waals surface area contributed by atoms with E-state index in [-0.39, 0.29) is 5.75 Å². The minimum atomic E-state index is -0.552. The van der Waals surface area contributed by atoms with E-state index in [0.717, 1.165) is 13.0 Å². The summed E-state index contributed by atoms with van der Waals surface area (Å²) < 4.78 is 13.0. The second-order valence-electron chi connectivity index (χ2n) is 3.98. The molecule has 0 saturated carbocycles. The number of hydrogen-bond acceptors (Lipinski definition) is 3. The molecule has 96 valence electrons. The van der Waals surface area contributed by atoms with E-state index < -0.39 is 5.82 Å². The predicted molar refractivity (Wildman–Crippen MR) is 72.0 cm³/mol. The SMILES string of the molecule is CSCCCCCNCc1cccc(F)c1O. The van der Waals surface area contributed by atoms with Gasteiger partial charge in [-0.15, -0.1) is 0 Å². The molecule has 0 aliphatic heterocycles. The fourth-order valence-corrected chi connectivity index (χ4v) is 2.09. The highest BCUT2D eigenvalue weighted by molar-refractivity contribution is 7.98. The van der Waals surface area contributed by atoms with Gasteiger partial charge in [0.15, 0.2) is 11.6 Å². The third-order valence-electron chi connectivity index (χ3n) is 2.59. The molecule has 1 aromatic carbocycles. The Morgan fingerprint density at radius 3 is 2.88 bits per heavy atom. The molecule has 0 amide bonds. The van der Waals surface area contributed by atoms with Crippen LogP contribution in [-0.4, -0.2) is 23.7 Å². The van der Waals surface area contributed by atoms with E-state index >= 15 is 0 Å². The normalized spacial score (nSPS) is 10.7. The first kappa shape index (κ1) is 14.3. The summed E-state index contributed by atoms with van der Waals surface area (Å²) in [4.78, 5) is 0. The van der Waals surface area contributed by atoms with Crippen LogP contribution in [0.5, 0.6) is 5.75 Å². The first-order valence-corrected chi connectivity index (χ1v) is 7.31. The Balaban J connectivity index is 2.16. The van der Waals surface area contributed by atoms with Gasteiger partial charge in [0, 0.05) is 12.1 Å². The topological polar surface area (TPSA) is 32.3 Å². The molecule has 0 spiro atoms. The van der Waals surface area contributed by atoms with Crippen molar-refractivity contribution in [1.29, 1.82) is 0 Å². The van der Waals surface area contributed by atoms with E-state index in [1.807, 2.05) is 11.8 Å². The number of rotatable bonds is 8. The molecule has 0 heterocycles. The van der Waals surface area contributed by atoms with Crippen LogP contribution in [-0.2, 0) is 6.54 Å². The zero-order valence-corrected chi connectivity index (χ0v) is 11.0. The van der Waals surface area contributed by atoms with E-state index in [1.165, 1.54) is 24.7 Å². The molecule has 0 atom stereocenters. The number of para-hydroxylation sites is 1. The summed E-state index contributed by atoms with van der Waals surface area (Å²) >= 11 is 1.87. The standard InChI is InChI=1S/C13H20FNOS/c1-17-9-4-2-3-8-15-10-11-6-5-7-12(14)13(11)16/h5-7,15-16H,2-4,8-10H2,1H3. The van der Waals surface area contributed by atoms with Crippen molar-refractivity contribution in [2.45, 2.75) is 25.8 Å². The van der Waals surface area contributed by atoms with Gasteiger partial charge in [0.1, 0.15) is 0 Å². The molecule has 0 aliphatic rings. The van der Waals surface area contributed by atoms with Gasteiger partial charge in [-0.05, 0) is 37.5 Å². The van der Waals surface area contributed by atoms with Crippen molar-refractivity contribution in [1.82, 2.24) is 5.32 Å². The number of benzene rings is 1. The maximum Gasteiger partial charge on any atom is 0.165 e. The van der Waals surface area contributed by atoms with Crippen LogP contribution in [0, 0.1) is 5.82 Å². The zero-order chi connectivity index (χ0) is 12.5. The minimum Gasteiger partial charge on any atom is -0.505 e. The first-order valence-electron chi connectivity index (χ1n) is 5.91. The second-order valence-corrected chi connectivity index (χ2v) is 4.96. The van der Waals surface area contributed by atoms with Crippen LogP contribution in [0.3, 0.4) is 0 Å². The third kappa shape index (κ3) is 5.41. The van der Waals surface area contributed by atoms with Crippen LogP contribution in [0.2, 0.25) is 0 Å². The highest BCUT2D eigenvalue weighted by atomic mass is 32.2. The van der Waals surface area contributed by atoms with Crippen LogP contribution in [0.15, 0.2) is 18.2 Å². The fourth-order valence-electron chi connectivity index (χ4n) is 1.60. The lowest BCUT2D eigenvalue weighted by Gasteiger charge is -2.07. The molecule has 4 heteroatoms. The molecule has 0 radical (unpaired) electrons. The molecular formula is C13H20FNOS. The van der Waals surface area contributed by atoms with Gasteiger partial charge in [0.05, 0.1) is 0 Å². The van der Waals surface area contributed by atoms with E-state index in [4.69, 9.17) is 0 Å². The summed E-state index contributed by atoms with van der Waals surface area (Å²) in [5.41, 5.74) is 0.620. The Bertz CT molecular complexity index is 333. The molecule has 1 rings (SSSR count). The zero-order valence-electron chi connectivity index (χ0n) is 10.2. The molecule has 0 aliphatic carbocycles. The van der Waals surface area contributed by atoms with Crippen LogP contribution in [0.1, 0.15) is 24.8 Å². The molecule has 0 aromatic heterocycles. The van der Waals surface area contributed by atoms with E-state index in [1.54, 1.807) is 12.1 Å². The quantitative estimate of drug-likeness (QED) is 0.702. The van der Waals surface area contributed by atoms with Crippen molar-refractivity contribution in [2.75, 3.05) is 18.6 Å². The molecule has 2 nitrogen and oxygen atoms in total. The van der Waals surface area contributed by atoms with Crippen LogP contribution < -0.4 is 5.32 Å². The lowest BCUT2D eigenvalue weighted by atomic mass is 10.2. The molecule has 0 saturated heterocycles. The molecule has 2 N–H and O–H groups in total. The van der Waals surface area contributed by atoms with Crippen LogP contribution in [0.4, 0.5) is 4.39 Å². The Labute approximate surface area is 107 Å². The van der Waals surface area contributed by atoms with Gasteiger partial charge in [0.2, 0.25) is 0 Å². The van der Waals surface area contributed by atoms with Gasteiger partial charge in [-0.1, -0.05) is 18.6 Å². The summed E-state index contributed by atoms with van der Waals surface area (Å²) in [7, 11) is 0. The number of phenolic OH excluding ortho intramolecular Hbond substituents is 1. The molecule has 1 aromatic rings. The van der Waals surface area contributed by atoms with Gasteiger partial charge in [-0.2, -0.15) is 11.8 Å². The number of aromatic hydroxyl groups is 1. The number of thioether (sulfide) groups is 1. The molecular weight excluding hydrogens is 237 g/mol. The monoisotopic (exact) mass is 257 g/mol. The average Bonchev–Trinajstić information content (AvgIpc) is 2.33. The summed E-state index contributed by atoms with van der Waals surface area (Å²) in [5, 5.41) is 12.7. The van der Waals surface area contributed by atoms with Crippen LogP contribution in [0.25, 0.3) is 0 Å².